The van der Waals surface area contributed by atoms with Gasteiger partial charge in [-0.25, -0.2) is 0 Å². The maximum atomic E-state index is 12.6. The van der Waals surface area contributed by atoms with Crippen LogP contribution in [0.25, 0.3) is 16.6 Å². The van der Waals surface area contributed by atoms with Crippen LogP contribution < -0.4 is 10.9 Å². The van der Waals surface area contributed by atoms with Crippen molar-refractivity contribution in [2.75, 3.05) is 0 Å². The number of carbonyl (C=O) groups is 1. The highest BCUT2D eigenvalue weighted by Crippen LogP contribution is 2.13. The van der Waals surface area contributed by atoms with Gasteiger partial charge in [-0.05, 0) is 56.2 Å². The molecule has 0 radical (unpaired) electrons. The highest BCUT2D eigenvalue weighted by atomic mass is 32.1. The lowest BCUT2D eigenvalue weighted by atomic mass is 10.1. The molecule has 2 N–H and O–H groups in total. The number of hydrogen-bond acceptors (Lipinski definition) is 5. The Hall–Kier alpha value is -3.33. The average molecular weight is 437 g/mol. The smallest absolute Gasteiger partial charge is 0.262 e. The Balaban J connectivity index is 1.27. The summed E-state index contributed by atoms with van der Waals surface area (Å²) in [5.41, 5.74) is 1.42. The van der Waals surface area contributed by atoms with Gasteiger partial charge in [0.25, 0.3) is 5.56 Å². The SMILES string of the molecule is CC(NC(=O)CCCCCn1c(=S)[nH]c2ccccc2c1=O)c1nnc2ccccn12. The van der Waals surface area contributed by atoms with Crippen LogP contribution >= 0.6 is 12.2 Å². The number of nitrogens with one attached hydrogen (secondary N) is 2. The van der Waals surface area contributed by atoms with Gasteiger partial charge in [-0.15, -0.1) is 10.2 Å². The number of rotatable bonds is 8. The quantitative estimate of drug-likeness (QED) is 0.325. The third-order valence-corrected chi connectivity index (χ3v) is 5.60. The van der Waals surface area contributed by atoms with E-state index in [0.29, 0.717) is 28.9 Å². The summed E-state index contributed by atoms with van der Waals surface area (Å²) in [5.74, 6) is 0.675. The van der Waals surface area contributed by atoms with Gasteiger partial charge in [0.2, 0.25) is 5.91 Å². The molecular formula is C22H24N6O2S. The Morgan fingerprint density at radius 2 is 1.94 bits per heavy atom. The highest BCUT2D eigenvalue weighted by molar-refractivity contribution is 7.71. The van der Waals surface area contributed by atoms with Crippen LogP contribution in [0.5, 0.6) is 0 Å². The number of para-hydroxylation sites is 1. The van der Waals surface area contributed by atoms with Crippen LogP contribution in [0.1, 0.15) is 44.5 Å². The number of unbranched alkanes of at least 4 members (excludes halogenated alkanes) is 2. The molecule has 1 amide bonds. The summed E-state index contributed by atoms with van der Waals surface area (Å²) in [6.45, 7) is 2.43. The Bertz CT molecular complexity index is 1340. The number of benzene rings is 1. The number of H-pyrrole nitrogens is 1. The maximum Gasteiger partial charge on any atom is 0.262 e. The number of hydrogen-bond donors (Lipinski definition) is 2. The number of carbonyl (C=O) groups excluding carboxylic acids is 1. The molecule has 1 atom stereocenters. The van der Waals surface area contributed by atoms with E-state index in [1.54, 1.807) is 10.6 Å². The number of aromatic nitrogens is 5. The zero-order valence-electron chi connectivity index (χ0n) is 17.2. The van der Waals surface area contributed by atoms with Crippen LogP contribution in [0.4, 0.5) is 0 Å². The molecule has 4 aromatic rings. The molecule has 1 unspecified atom stereocenters. The lowest BCUT2D eigenvalue weighted by Crippen LogP contribution is -2.27. The molecule has 31 heavy (non-hydrogen) atoms. The van der Waals surface area contributed by atoms with Crippen molar-refractivity contribution in [3.05, 3.63) is 69.6 Å². The first-order valence-electron chi connectivity index (χ1n) is 10.4. The van der Waals surface area contributed by atoms with Crippen LogP contribution in [0.15, 0.2) is 53.5 Å². The van der Waals surface area contributed by atoms with Crippen LogP contribution in [-0.2, 0) is 11.3 Å². The number of amides is 1. The van der Waals surface area contributed by atoms with Crippen molar-refractivity contribution in [3.63, 3.8) is 0 Å². The Morgan fingerprint density at radius 3 is 2.81 bits per heavy atom. The lowest BCUT2D eigenvalue weighted by Gasteiger charge is -2.12. The summed E-state index contributed by atoms with van der Waals surface area (Å²) in [6.07, 6.45) is 4.63. The zero-order chi connectivity index (χ0) is 21.8. The standard InChI is InChI=1S/C22H24N6O2S/c1-15(20-26-25-18-11-6-8-13-27(18)20)23-19(29)12-3-2-7-14-28-21(30)16-9-4-5-10-17(16)24-22(28)31/h4-6,8-11,13,15H,2-3,7,12,14H2,1H3,(H,23,29)(H,24,31). The largest absolute Gasteiger partial charge is 0.346 e. The van der Waals surface area contributed by atoms with E-state index in [1.165, 1.54) is 0 Å². The number of pyridine rings is 1. The molecule has 0 aliphatic rings. The van der Waals surface area contributed by atoms with Gasteiger partial charge in [-0.1, -0.05) is 24.6 Å². The number of nitrogens with zero attached hydrogens (tertiary/aromatic N) is 4. The molecule has 3 aromatic heterocycles. The molecule has 160 valence electrons. The Morgan fingerprint density at radius 1 is 1.13 bits per heavy atom. The minimum absolute atomic E-state index is 0.0275. The van der Waals surface area contributed by atoms with Gasteiger partial charge in [-0.2, -0.15) is 0 Å². The second kappa shape index (κ2) is 9.22. The minimum atomic E-state index is -0.237. The van der Waals surface area contributed by atoms with Crippen LogP contribution in [0, 0.1) is 4.77 Å². The second-order valence-corrected chi connectivity index (χ2v) is 7.91. The van der Waals surface area contributed by atoms with Crippen molar-refractivity contribution in [2.45, 2.75) is 45.2 Å². The van der Waals surface area contributed by atoms with E-state index in [2.05, 4.69) is 20.5 Å². The van der Waals surface area contributed by atoms with E-state index in [4.69, 9.17) is 12.2 Å². The summed E-state index contributed by atoms with van der Waals surface area (Å²) < 4.78 is 3.89. The van der Waals surface area contributed by atoms with E-state index in [-0.39, 0.29) is 17.5 Å². The van der Waals surface area contributed by atoms with Crippen molar-refractivity contribution in [2.24, 2.45) is 0 Å². The molecule has 9 heteroatoms. The molecule has 8 nitrogen and oxygen atoms in total. The third kappa shape index (κ3) is 4.56. The molecule has 3 heterocycles. The predicted molar refractivity (Wildman–Crippen MR) is 121 cm³/mol. The maximum absolute atomic E-state index is 12.6. The predicted octanol–water partition coefficient (Wildman–Crippen LogP) is 3.54. The van der Waals surface area contributed by atoms with Gasteiger partial charge in [0.1, 0.15) is 0 Å². The van der Waals surface area contributed by atoms with E-state index >= 15 is 0 Å². The summed E-state index contributed by atoms with van der Waals surface area (Å²) in [4.78, 5) is 28.1. The fourth-order valence-electron chi connectivity index (χ4n) is 3.67. The highest BCUT2D eigenvalue weighted by Gasteiger charge is 2.15. The van der Waals surface area contributed by atoms with Crippen molar-refractivity contribution in [1.82, 2.24) is 29.5 Å². The van der Waals surface area contributed by atoms with Crippen molar-refractivity contribution in [3.8, 4) is 0 Å². The molecule has 4 rings (SSSR count). The molecule has 1 aromatic carbocycles. The zero-order valence-corrected chi connectivity index (χ0v) is 18.1. The van der Waals surface area contributed by atoms with Gasteiger partial charge in [0.05, 0.1) is 16.9 Å². The van der Waals surface area contributed by atoms with Gasteiger partial charge >= 0.3 is 0 Å². The normalized spacial score (nSPS) is 12.3. The van der Waals surface area contributed by atoms with Gasteiger partial charge in [0.15, 0.2) is 16.2 Å². The number of fused-ring (bicyclic) bond motifs is 2. The number of aromatic amines is 1. The lowest BCUT2D eigenvalue weighted by molar-refractivity contribution is -0.121. The fraction of sp³-hybridized carbons (Fsp3) is 0.318. The molecule has 0 fully saturated rings. The van der Waals surface area contributed by atoms with E-state index in [1.807, 2.05) is 53.9 Å². The van der Waals surface area contributed by atoms with Crippen LogP contribution in [0.3, 0.4) is 0 Å². The van der Waals surface area contributed by atoms with Gasteiger partial charge in [0, 0.05) is 19.2 Å². The summed E-state index contributed by atoms with van der Waals surface area (Å²) in [5, 5.41) is 11.9. The van der Waals surface area contributed by atoms with Crippen molar-refractivity contribution < 1.29 is 4.79 Å². The van der Waals surface area contributed by atoms with E-state index in [9.17, 15) is 9.59 Å². The molecule has 0 saturated carbocycles. The molecule has 0 aliphatic heterocycles. The molecular weight excluding hydrogens is 412 g/mol. The fourth-order valence-corrected chi connectivity index (χ4v) is 3.95. The molecule has 0 spiro atoms. The first-order valence-corrected chi connectivity index (χ1v) is 10.8. The summed E-state index contributed by atoms with van der Waals surface area (Å²) in [7, 11) is 0. The molecule has 0 aliphatic carbocycles. The van der Waals surface area contributed by atoms with E-state index < -0.39 is 0 Å². The monoisotopic (exact) mass is 436 g/mol. The van der Waals surface area contributed by atoms with Gasteiger partial charge < -0.3 is 10.3 Å². The Labute approximate surface area is 183 Å². The van der Waals surface area contributed by atoms with Crippen molar-refractivity contribution >= 4 is 34.7 Å². The molecule has 0 bridgehead atoms. The minimum Gasteiger partial charge on any atom is -0.346 e. The first kappa shape index (κ1) is 20.9. The second-order valence-electron chi connectivity index (χ2n) is 7.52. The summed E-state index contributed by atoms with van der Waals surface area (Å²) in [6, 6.07) is 12.8. The van der Waals surface area contributed by atoms with Gasteiger partial charge in [-0.3, -0.25) is 18.6 Å². The van der Waals surface area contributed by atoms with E-state index in [0.717, 1.165) is 30.4 Å². The molecule has 0 saturated heterocycles. The topological polar surface area (TPSA) is 97.1 Å². The summed E-state index contributed by atoms with van der Waals surface area (Å²) >= 11 is 5.34. The third-order valence-electron chi connectivity index (χ3n) is 5.28. The first-order chi connectivity index (χ1) is 15.0. The Kier molecular flexibility index (Phi) is 6.22. The van der Waals surface area contributed by atoms with Crippen LogP contribution in [0.2, 0.25) is 0 Å². The average Bonchev–Trinajstić information content (AvgIpc) is 3.20. The van der Waals surface area contributed by atoms with Crippen molar-refractivity contribution in [1.29, 1.82) is 0 Å². The van der Waals surface area contributed by atoms with Crippen LogP contribution in [-0.4, -0.2) is 30.1 Å².